The van der Waals surface area contributed by atoms with Gasteiger partial charge in [-0.1, -0.05) is 6.07 Å². The molecule has 0 fully saturated rings. The van der Waals surface area contributed by atoms with Crippen LogP contribution in [0.5, 0.6) is 5.75 Å². The fraction of sp³-hybridized carbons (Fsp3) is 0.154. The van der Waals surface area contributed by atoms with Crippen molar-refractivity contribution in [1.29, 1.82) is 0 Å². The quantitative estimate of drug-likeness (QED) is 0.884. The molecular weight excluding hydrogens is 330 g/mol. The molecule has 6 heteroatoms. The average Bonchev–Trinajstić information content (AvgIpc) is 2.83. The van der Waals surface area contributed by atoms with Crippen molar-refractivity contribution >= 4 is 38.9 Å². The molecule has 1 unspecified atom stereocenters. The highest BCUT2D eigenvalue weighted by molar-refractivity contribution is 9.11. The number of thiophene rings is 1. The second kappa shape index (κ2) is 4.96. The van der Waals surface area contributed by atoms with Crippen molar-refractivity contribution in [2.75, 3.05) is 11.9 Å². The van der Waals surface area contributed by atoms with Gasteiger partial charge in [0.2, 0.25) is 0 Å². The molecule has 0 saturated heterocycles. The monoisotopic (exact) mass is 339 g/mol. The molecule has 4 nitrogen and oxygen atoms in total. The van der Waals surface area contributed by atoms with E-state index in [-0.39, 0.29) is 12.5 Å². The number of anilines is 1. The Morgan fingerprint density at radius 2 is 2.21 bits per heavy atom. The highest BCUT2D eigenvalue weighted by atomic mass is 79.9. The Balaban J connectivity index is 1.93. The maximum absolute atomic E-state index is 11.3. The van der Waals surface area contributed by atoms with Crippen LogP contribution in [0.2, 0.25) is 0 Å². The van der Waals surface area contributed by atoms with Gasteiger partial charge in [0.1, 0.15) is 11.9 Å². The molecule has 0 spiro atoms. The maximum atomic E-state index is 11.3. The largest absolute Gasteiger partial charge is 0.482 e. The Bertz CT molecular complexity index is 641. The first-order valence-electron chi connectivity index (χ1n) is 5.63. The first kappa shape index (κ1) is 12.7. The predicted molar refractivity (Wildman–Crippen MR) is 76.6 cm³/mol. The highest BCUT2D eigenvalue weighted by Crippen LogP contribution is 2.35. The van der Waals surface area contributed by atoms with Crippen LogP contribution in [-0.2, 0) is 4.79 Å². The fourth-order valence-electron chi connectivity index (χ4n) is 1.91. The molecule has 19 heavy (non-hydrogen) atoms. The lowest BCUT2D eigenvalue weighted by Crippen LogP contribution is -2.25. The van der Waals surface area contributed by atoms with Crippen molar-refractivity contribution in [2.45, 2.75) is 6.10 Å². The van der Waals surface area contributed by atoms with Crippen LogP contribution in [0.4, 0.5) is 5.69 Å². The van der Waals surface area contributed by atoms with E-state index in [1.54, 1.807) is 18.2 Å². The van der Waals surface area contributed by atoms with Gasteiger partial charge in [0.05, 0.1) is 9.47 Å². The normalized spacial score (nSPS) is 15.4. The van der Waals surface area contributed by atoms with Crippen molar-refractivity contribution < 1.29 is 14.6 Å². The SMILES string of the molecule is O=C1COc2ccc(C(O)c3ccc(Br)s3)cc2N1. The molecule has 1 aromatic carbocycles. The number of hydrogen-bond donors (Lipinski definition) is 2. The Morgan fingerprint density at radius 1 is 1.37 bits per heavy atom. The third kappa shape index (κ3) is 2.51. The van der Waals surface area contributed by atoms with Crippen LogP contribution in [0.3, 0.4) is 0 Å². The van der Waals surface area contributed by atoms with E-state index in [0.29, 0.717) is 11.4 Å². The van der Waals surface area contributed by atoms with Crippen LogP contribution < -0.4 is 10.1 Å². The average molecular weight is 340 g/mol. The van der Waals surface area contributed by atoms with Gasteiger partial charge in [-0.05, 0) is 45.8 Å². The number of ether oxygens (including phenoxy) is 1. The zero-order valence-electron chi connectivity index (χ0n) is 9.72. The smallest absolute Gasteiger partial charge is 0.262 e. The number of amides is 1. The van der Waals surface area contributed by atoms with Crippen molar-refractivity contribution in [1.82, 2.24) is 0 Å². The van der Waals surface area contributed by atoms with Gasteiger partial charge in [-0.15, -0.1) is 11.3 Å². The Labute approximate surface area is 122 Å². The van der Waals surface area contributed by atoms with Crippen LogP contribution in [0.15, 0.2) is 34.1 Å². The number of halogens is 1. The molecular formula is C13H10BrNO3S. The van der Waals surface area contributed by atoms with Crippen LogP contribution in [0, 0.1) is 0 Å². The second-order valence-corrected chi connectivity index (χ2v) is 6.63. The van der Waals surface area contributed by atoms with Gasteiger partial charge >= 0.3 is 0 Å². The van der Waals surface area contributed by atoms with Crippen molar-refractivity contribution in [2.24, 2.45) is 0 Å². The third-order valence-electron chi connectivity index (χ3n) is 2.82. The molecule has 2 N–H and O–H groups in total. The van der Waals surface area contributed by atoms with Gasteiger partial charge in [0, 0.05) is 4.88 Å². The zero-order chi connectivity index (χ0) is 13.4. The van der Waals surface area contributed by atoms with Gasteiger partial charge in [-0.25, -0.2) is 0 Å². The summed E-state index contributed by atoms with van der Waals surface area (Å²) >= 11 is 4.85. The topological polar surface area (TPSA) is 58.6 Å². The minimum absolute atomic E-state index is 0.0345. The van der Waals surface area contributed by atoms with Crippen molar-refractivity contribution in [3.63, 3.8) is 0 Å². The number of aliphatic hydroxyl groups is 1. The standard InChI is InChI=1S/C13H10BrNO3S/c14-11-4-3-10(19-11)13(17)7-1-2-9-8(5-7)15-12(16)6-18-9/h1-5,13,17H,6H2,(H,15,16). The minimum Gasteiger partial charge on any atom is -0.482 e. The van der Waals surface area contributed by atoms with E-state index < -0.39 is 6.10 Å². The summed E-state index contributed by atoms with van der Waals surface area (Å²) in [5.41, 5.74) is 1.32. The lowest BCUT2D eigenvalue weighted by Gasteiger charge is -2.19. The number of hydrogen-bond acceptors (Lipinski definition) is 4. The van der Waals surface area contributed by atoms with E-state index in [1.165, 1.54) is 11.3 Å². The molecule has 1 aliphatic heterocycles. The molecule has 0 saturated carbocycles. The predicted octanol–water partition coefficient (Wildman–Crippen LogP) is 2.92. The first-order chi connectivity index (χ1) is 9.13. The highest BCUT2D eigenvalue weighted by Gasteiger charge is 2.19. The number of rotatable bonds is 2. The molecule has 0 aliphatic carbocycles. The van der Waals surface area contributed by atoms with Crippen molar-refractivity contribution in [3.05, 3.63) is 44.6 Å². The molecule has 1 aromatic heterocycles. The Hall–Kier alpha value is -1.37. The van der Waals surface area contributed by atoms with Gasteiger partial charge in [0.25, 0.3) is 5.91 Å². The summed E-state index contributed by atoms with van der Waals surface area (Å²) in [4.78, 5) is 12.1. The van der Waals surface area contributed by atoms with E-state index in [1.807, 2.05) is 12.1 Å². The summed E-state index contributed by atoms with van der Waals surface area (Å²) in [5.74, 6) is 0.445. The summed E-state index contributed by atoms with van der Waals surface area (Å²) in [6.45, 7) is 0.0345. The first-order valence-corrected chi connectivity index (χ1v) is 7.24. The number of carbonyl (C=O) groups is 1. The molecule has 1 atom stereocenters. The Morgan fingerprint density at radius 3 is 2.95 bits per heavy atom. The number of aliphatic hydroxyl groups excluding tert-OH is 1. The summed E-state index contributed by atoms with van der Waals surface area (Å²) in [6, 6.07) is 9.07. The number of nitrogens with one attached hydrogen (secondary N) is 1. The summed E-state index contributed by atoms with van der Waals surface area (Å²) in [6.07, 6.45) is -0.708. The zero-order valence-corrected chi connectivity index (χ0v) is 12.1. The van der Waals surface area contributed by atoms with Crippen LogP contribution in [0.1, 0.15) is 16.5 Å². The molecule has 98 valence electrons. The molecule has 3 rings (SSSR count). The molecule has 1 aliphatic rings. The van der Waals surface area contributed by atoms with Crippen LogP contribution >= 0.6 is 27.3 Å². The Kier molecular flexibility index (Phi) is 3.30. The van der Waals surface area contributed by atoms with Gasteiger partial charge < -0.3 is 15.2 Å². The van der Waals surface area contributed by atoms with Crippen molar-refractivity contribution in [3.8, 4) is 5.75 Å². The summed E-state index contributed by atoms with van der Waals surface area (Å²) < 4.78 is 6.25. The minimum atomic E-state index is -0.708. The van der Waals surface area contributed by atoms with E-state index >= 15 is 0 Å². The van der Waals surface area contributed by atoms with Gasteiger partial charge in [0.15, 0.2) is 6.61 Å². The molecule has 2 heterocycles. The number of benzene rings is 1. The number of fused-ring (bicyclic) bond motifs is 1. The molecule has 0 bridgehead atoms. The second-order valence-electron chi connectivity index (χ2n) is 4.14. The third-order valence-corrected chi connectivity index (χ3v) is 4.49. The van der Waals surface area contributed by atoms with Crippen LogP contribution in [0.25, 0.3) is 0 Å². The molecule has 0 radical (unpaired) electrons. The lowest BCUT2D eigenvalue weighted by atomic mass is 10.1. The summed E-state index contributed by atoms with van der Waals surface area (Å²) in [7, 11) is 0. The van der Waals surface area contributed by atoms with E-state index in [0.717, 1.165) is 14.2 Å². The van der Waals surface area contributed by atoms with E-state index in [2.05, 4.69) is 21.2 Å². The van der Waals surface area contributed by atoms with Crippen LogP contribution in [-0.4, -0.2) is 17.6 Å². The molecule has 1 amide bonds. The number of carbonyl (C=O) groups excluding carboxylic acids is 1. The maximum Gasteiger partial charge on any atom is 0.262 e. The van der Waals surface area contributed by atoms with Gasteiger partial charge in [-0.3, -0.25) is 4.79 Å². The summed E-state index contributed by atoms with van der Waals surface area (Å²) in [5, 5.41) is 13.0. The van der Waals surface area contributed by atoms with E-state index in [9.17, 15) is 9.90 Å². The van der Waals surface area contributed by atoms with E-state index in [4.69, 9.17) is 4.74 Å². The molecule has 2 aromatic rings. The van der Waals surface area contributed by atoms with Gasteiger partial charge in [-0.2, -0.15) is 0 Å². The fourth-order valence-corrected chi connectivity index (χ4v) is 3.35. The lowest BCUT2D eigenvalue weighted by molar-refractivity contribution is -0.118.